The van der Waals surface area contributed by atoms with Crippen LogP contribution >= 0.6 is 22.9 Å². The number of thiazole rings is 1. The molecule has 1 N–H and O–H groups in total. The zero-order valence-electron chi connectivity index (χ0n) is 10.3. The van der Waals surface area contributed by atoms with Crippen molar-refractivity contribution in [1.29, 1.82) is 0 Å². The van der Waals surface area contributed by atoms with Crippen molar-refractivity contribution in [1.82, 2.24) is 14.7 Å². The number of pyridine rings is 1. The Balaban J connectivity index is 2.25. The maximum absolute atomic E-state index is 12.2. The van der Waals surface area contributed by atoms with Crippen molar-refractivity contribution in [3.8, 4) is 0 Å². The highest BCUT2D eigenvalue weighted by Crippen LogP contribution is 2.23. The van der Waals surface area contributed by atoms with Crippen molar-refractivity contribution in [2.45, 2.75) is 24.8 Å². The van der Waals surface area contributed by atoms with Gasteiger partial charge in [0.05, 0.1) is 6.04 Å². The van der Waals surface area contributed by atoms with Gasteiger partial charge < -0.3 is 0 Å². The molecular weight excluding hydrogens is 306 g/mol. The van der Waals surface area contributed by atoms with E-state index < -0.39 is 16.1 Å². The average molecular weight is 318 g/mol. The van der Waals surface area contributed by atoms with Crippen LogP contribution in [0.4, 0.5) is 0 Å². The molecule has 2 rings (SSSR count). The minimum absolute atomic E-state index is 0.0307. The van der Waals surface area contributed by atoms with E-state index in [0.717, 1.165) is 4.88 Å². The van der Waals surface area contributed by atoms with Crippen LogP contribution in [0.3, 0.4) is 0 Å². The van der Waals surface area contributed by atoms with Crippen molar-refractivity contribution in [3.05, 3.63) is 39.6 Å². The van der Waals surface area contributed by atoms with E-state index in [2.05, 4.69) is 14.7 Å². The Morgan fingerprint density at radius 3 is 2.74 bits per heavy atom. The maximum Gasteiger partial charge on any atom is 0.244 e. The number of hydrogen-bond donors (Lipinski definition) is 1. The van der Waals surface area contributed by atoms with Crippen molar-refractivity contribution in [2.75, 3.05) is 0 Å². The first-order chi connectivity index (χ1) is 8.90. The molecule has 2 aromatic rings. The second-order valence-corrected chi connectivity index (χ2v) is 7.25. The molecule has 0 aliphatic heterocycles. The van der Waals surface area contributed by atoms with Crippen LogP contribution in [0, 0.1) is 6.92 Å². The molecule has 2 aromatic heterocycles. The van der Waals surface area contributed by atoms with E-state index >= 15 is 0 Å². The molecule has 0 bridgehead atoms. The van der Waals surface area contributed by atoms with Gasteiger partial charge in [-0.25, -0.2) is 23.1 Å². The zero-order valence-corrected chi connectivity index (χ0v) is 12.7. The lowest BCUT2D eigenvalue weighted by Gasteiger charge is -2.12. The number of aryl methyl sites for hydroxylation is 1. The third-order valence-corrected chi connectivity index (χ3v) is 5.44. The Bertz CT molecular complexity index is 685. The van der Waals surface area contributed by atoms with E-state index in [1.54, 1.807) is 13.1 Å². The van der Waals surface area contributed by atoms with Crippen LogP contribution in [-0.4, -0.2) is 18.4 Å². The van der Waals surface area contributed by atoms with Crippen molar-refractivity contribution in [2.24, 2.45) is 0 Å². The lowest BCUT2D eigenvalue weighted by molar-refractivity contribution is 0.566. The lowest BCUT2D eigenvalue weighted by Crippen LogP contribution is -2.27. The number of aromatic nitrogens is 2. The minimum atomic E-state index is -3.71. The normalized spacial score (nSPS) is 13.4. The molecule has 2 heterocycles. The van der Waals surface area contributed by atoms with Crippen molar-refractivity contribution in [3.63, 3.8) is 0 Å². The molecule has 0 fully saturated rings. The fourth-order valence-electron chi connectivity index (χ4n) is 1.49. The van der Waals surface area contributed by atoms with E-state index in [0.29, 0.717) is 5.01 Å². The fraction of sp³-hybridized carbons (Fsp3) is 0.273. The zero-order chi connectivity index (χ0) is 14.0. The molecule has 0 amide bonds. The number of rotatable bonds is 4. The van der Waals surface area contributed by atoms with E-state index in [-0.39, 0.29) is 10.0 Å². The number of halogens is 1. The Morgan fingerprint density at radius 2 is 2.16 bits per heavy atom. The summed E-state index contributed by atoms with van der Waals surface area (Å²) in [7, 11) is -3.71. The van der Waals surface area contributed by atoms with Gasteiger partial charge in [0.15, 0.2) is 0 Å². The molecule has 0 radical (unpaired) electrons. The number of nitrogens with one attached hydrogen (secondary N) is 1. The summed E-state index contributed by atoms with van der Waals surface area (Å²) in [5.41, 5.74) is 0. The minimum Gasteiger partial charge on any atom is -0.248 e. The summed E-state index contributed by atoms with van der Waals surface area (Å²) < 4.78 is 26.9. The van der Waals surface area contributed by atoms with Gasteiger partial charge in [-0.1, -0.05) is 11.6 Å². The molecule has 8 heteroatoms. The van der Waals surface area contributed by atoms with Gasteiger partial charge >= 0.3 is 0 Å². The summed E-state index contributed by atoms with van der Waals surface area (Å²) >= 11 is 7.25. The summed E-state index contributed by atoms with van der Waals surface area (Å²) in [6, 6.07) is 2.52. The molecule has 1 unspecified atom stereocenters. The number of sulfonamides is 1. The van der Waals surface area contributed by atoms with Crippen LogP contribution in [0.25, 0.3) is 0 Å². The molecule has 0 saturated carbocycles. The predicted octanol–water partition coefficient (Wildman–Crippen LogP) is 2.54. The highest BCUT2D eigenvalue weighted by atomic mass is 35.5. The van der Waals surface area contributed by atoms with Gasteiger partial charge in [-0.05, 0) is 26.0 Å². The third kappa shape index (κ3) is 3.30. The van der Waals surface area contributed by atoms with Gasteiger partial charge in [0.1, 0.15) is 15.1 Å². The summed E-state index contributed by atoms with van der Waals surface area (Å²) in [6.45, 7) is 3.65. The second-order valence-electron chi connectivity index (χ2n) is 3.94. The topological polar surface area (TPSA) is 72.0 Å². The molecule has 0 spiro atoms. The first kappa shape index (κ1) is 14.4. The van der Waals surface area contributed by atoms with E-state index in [4.69, 9.17) is 11.6 Å². The van der Waals surface area contributed by atoms with E-state index in [1.807, 2.05) is 6.92 Å². The molecule has 0 saturated heterocycles. The Morgan fingerprint density at radius 1 is 1.42 bits per heavy atom. The van der Waals surface area contributed by atoms with Crippen LogP contribution in [0.5, 0.6) is 0 Å². The first-order valence-corrected chi connectivity index (χ1v) is 8.13. The van der Waals surface area contributed by atoms with Gasteiger partial charge in [0.25, 0.3) is 0 Å². The average Bonchev–Trinajstić information content (AvgIpc) is 2.76. The van der Waals surface area contributed by atoms with Gasteiger partial charge in [-0.2, -0.15) is 0 Å². The van der Waals surface area contributed by atoms with Gasteiger partial charge in [-0.3, -0.25) is 0 Å². The smallest absolute Gasteiger partial charge is 0.244 e. The monoisotopic (exact) mass is 317 g/mol. The molecule has 1 atom stereocenters. The quantitative estimate of drug-likeness (QED) is 0.880. The SMILES string of the molecule is Cc1cnc(C(C)NS(=O)(=O)c2cccnc2Cl)s1. The Kier molecular flexibility index (Phi) is 4.19. The molecular formula is C11H12ClN3O2S2. The summed E-state index contributed by atoms with van der Waals surface area (Å²) in [5.74, 6) is 0. The van der Waals surface area contributed by atoms with Gasteiger partial charge in [-0.15, -0.1) is 11.3 Å². The highest BCUT2D eigenvalue weighted by molar-refractivity contribution is 7.89. The molecule has 0 aromatic carbocycles. The molecule has 102 valence electrons. The Hall–Kier alpha value is -1.02. The van der Waals surface area contributed by atoms with Crippen LogP contribution in [0.2, 0.25) is 5.15 Å². The lowest BCUT2D eigenvalue weighted by atomic mass is 10.4. The second kappa shape index (κ2) is 5.54. The summed E-state index contributed by atoms with van der Waals surface area (Å²) in [5, 5.41) is 0.665. The predicted molar refractivity (Wildman–Crippen MR) is 74.8 cm³/mol. The maximum atomic E-state index is 12.2. The van der Waals surface area contributed by atoms with E-state index in [1.165, 1.54) is 29.7 Å². The van der Waals surface area contributed by atoms with Crippen LogP contribution in [0.1, 0.15) is 22.9 Å². The van der Waals surface area contributed by atoms with E-state index in [9.17, 15) is 8.42 Å². The largest absolute Gasteiger partial charge is 0.248 e. The van der Waals surface area contributed by atoms with Crippen molar-refractivity contribution >= 4 is 33.0 Å². The summed E-state index contributed by atoms with van der Waals surface area (Å²) in [4.78, 5) is 8.92. The number of hydrogen-bond acceptors (Lipinski definition) is 5. The van der Waals surface area contributed by atoms with Crippen LogP contribution in [0.15, 0.2) is 29.4 Å². The molecule has 19 heavy (non-hydrogen) atoms. The van der Waals surface area contributed by atoms with Crippen LogP contribution in [-0.2, 0) is 10.0 Å². The standard InChI is InChI=1S/C11H12ClN3O2S2/c1-7-6-14-11(18-7)8(2)15-19(16,17)9-4-3-5-13-10(9)12/h3-6,8,15H,1-2H3. The molecule has 0 aliphatic rings. The fourth-order valence-corrected chi connectivity index (χ4v) is 4.00. The van der Waals surface area contributed by atoms with Crippen LogP contribution < -0.4 is 4.72 Å². The Labute approximate surface area is 120 Å². The highest BCUT2D eigenvalue weighted by Gasteiger charge is 2.22. The third-order valence-electron chi connectivity index (χ3n) is 2.36. The summed E-state index contributed by atoms with van der Waals surface area (Å²) in [6.07, 6.45) is 3.15. The van der Waals surface area contributed by atoms with Gasteiger partial charge in [0, 0.05) is 17.3 Å². The first-order valence-electron chi connectivity index (χ1n) is 5.45. The molecule has 0 aliphatic carbocycles. The van der Waals surface area contributed by atoms with Crippen molar-refractivity contribution < 1.29 is 8.42 Å². The number of nitrogens with zero attached hydrogens (tertiary/aromatic N) is 2. The molecule has 5 nitrogen and oxygen atoms in total. The van der Waals surface area contributed by atoms with Gasteiger partial charge in [0.2, 0.25) is 10.0 Å².